The first kappa shape index (κ1) is 32.5. The number of rotatable bonds is 10. The van der Waals surface area contributed by atoms with Crippen LogP contribution in [0.5, 0.6) is 23.0 Å². The summed E-state index contributed by atoms with van der Waals surface area (Å²) in [6, 6.07) is 19.7. The normalized spacial score (nSPS) is 10.6. The molecule has 0 aliphatic carbocycles. The van der Waals surface area contributed by atoms with Gasteiger partial charge in [0.1, 0.15) is 0 Å². The Hall–Kier alpha value is -5.39. The molecule has 13 heteroatoms. The molecule has 0 aromatic heterocycles. The van der Waals surface area contributed by atoms with E-state index in [2.05, 4.69) is 15.8 Å². The number of benzene rings is 4. The van der Waals surface area contributed by atoms with Crippen molar-refractivity contribution in [2.75, 3.05) is 19.5 Å². The van der Waals surface area contributed by atoms with Gasteiger partial charge in [-0.1, -0.05) is 29.3 Å². The monoisotopic (exact) mass is 649 g/mol. The number of halogens is 2. The summed E-state index contributed by atoms with van der Waals surface area (Å²) in [5.74, 6) is -1.46. The van der Waals surface area contributed by atoms with Gasteiger partial charge in [0, 0.05) is 28.8 Å². The van der Waals surface area contributed by atoms with E-state index in [1.807, 2.05) is 0 Å². The summed E-state index contributed by atoms with van der Waals surface area (Å²) in [4.78, 5) is 49.4. The molecule has 0 saturated carbocycles. The van der Waals surface area contributed by atoms with Crippen molar-refractivity contribution >= 4 is 58.9 Å². The van der Waals surface area contributed by atoms with E-state index in [0.717, 1.165) is 0 Å². The quantitative estimate of drug-likeness (QED) is 0.0899. The second kappa shape index (κ2) is 14.9. The van der Waals surface area contributed by atoms with Gasteiger partial charge in [0.2, 0.25) is 0 Å². The number of ether oxygens (including phenoxy) is 4. The van der Waals surface area contributed by atoms with E-state index < -0.39 is 23.8 Å². The van der Waals surface area contributed by atoms with Gasteiger partial charge in [-0.15, -0.1) is 0 Å². The van der Waals surface area contributed by atoms with Crippen molar-refractivity contribution < 1.29 is 38.1 Å². The highest BCUT2D eigenvalue weighted by Crippen LogP contribution is 2.30. The van der Waals surface area contributed by atoms with E-state index in [1.165, 1.54) is 75.9 Å². The molecular weight excluding hydrogens is 625 g/mol. The van der Waals surface area contributed by atoms with Crippen LogP contribution >= 0.6 is 23.2 Å². The molecule has 0 aliphatic rings. The highest BCUT2D eigenvalue weighted by atomic mass is 35.5. The second-order valence-corrected chi connectivity index (χ2v) is 9.96. The number of esters is 2. The number of nitrogens with zero attached hydrogens (tertiary/aromatic N) is 1. The van der Waals surface area contributed by atoms with Gasteiger partial charge in [-0.05, 0) is 78.4 Å². The van der Waals surface area contributed by atoms with Crippen LogP contribution in [0.1, 0.15) is 43.6 Å². The summed E-state index contributed by atoms with van der Waals surface area (Å²) < 4.78 is 21.0. The number of nitrogens with one attached hydrogen (secondary N) is 2. The number of amides is 2. The number of methoxy groups -OCH3 is 2. The topological polar surface area (TPSA) is 142 Å². The molecule has 0 heterocycles. The number of hydrogen-bond donors (Lipinski definition) is 2. The lowest BCUT2D eigenvalue weighted by Gasteiger charge is -2.11. The van der Waals surface area contributed by atoms with Crippen LogP contribution in [0.4, 0.5) is 5.69 Å². The molecule has 45 heavy (non-hydrogen) atoms. The van der Waals surface area contributed by atoms with Crippen molar-refractivity contribution in [1.82, 2.24) is 5.43 Å². The number of carbonyl (C=O) groups excluding carboxylic acids is 4. The minimum absolute atomic E-state index is 0.134. The maximum atomic E-state index is 12.8. The Morgan fingerprint density at radius 1 is 0.733 bits per heavy atom. The Bertz CT molecular complexity index is 1810. The molecule has 0 saturated heterocycles. The summed E-state index contributed by atoms with van der Waals surface area (Å²) in [5.41, 5.74) is 3.92. The molecule has 4 rings (SSSR count). The molecule has 0 radical (unpaired) electrons. The zero-order valence-corrected chi connectivity index (χ0v) is 25.6. The fraction of sp³-hybridized carbons (Fsp3) is 0.0938. The zero-order chi connectivity index (χ0) is 32.5. The van der Waals surface area contributed by atoms with E-state index >= 15 is 0 Å². The summed E-state index contributed by atoms with van der Waals surface area (Å²) in [7, 11) is 2.79. The van der Waals surface area contributed by atoms with Gasteiger partial charge < -0.3 is 24.3 Å². The highest BCUT2D eigenvalue weighted by molar-refractivity contribution is 6.36. The van der Waals surface area contributed by atoms with Crippen LogP contribution < -0.4 is 29.7 Å². The van der Waals surface area contributed by atoms with Crippen LogP contribution in [0, 0.1) is 0 Å². The smallest absolute Gasteiger partial charge is 0.345 e. The maximum absolute atomic E-state index is 12.8. The molecule has 11 nitrogen and oxygen atoms in total. The first-order valence-electron chi connectivity index (χ1n) is 13.0. The van der Waals surface area contributed by atoms with Crippen LogP contribution in [-0.2, 0) is 4.79 Å². The first-order chi connectivity index (χ1) is 21.6. The number of hydrazone groups is 1. The second-order valence-electron chi connectivity index (χ2n) is 9.12. The average molecular weight is 650 g/mol. The Balaban J connectivity index is 1.38. The first-order valence-corrected chi connectivity index (χ1v) is 13.8. The molecule has 230 valence electrons. The Labute approximate surface area is 267 Å². The van der Waals surface area contributed by atoms with Crippen LogP contribution in [0.15, 0.2) is 84.0 Å². The van der Waals surface area contributed by atoms with Gasteiger partial charge in [0.25, 0.3) is 11.8 Å². The number of anilines is 1. The summed E-state index contributed by atoms with van der Waals surface area (Å²) in [6.45, 7) is 1.26. The standard InChI is InChI=1S/C32H25Cl2N3O8/c1-18(38)44-26-12-8-21(15-29(26)43-3)30(39)36-23-6-4-5-20(14-23)31(40)37-35-17-19-7-11-27(28(13-19)42-2)45-32(41)24-10-9-22(33)16-25(24)34/h4-17H,1-3H3,(H,36,39)(H,37,40). The predicted molar refractivity (Wildman–Crippen MR) is 168 cm³/mol. The lowest BCUT2D eigenvalue weighted by molar-refractivity contribution is -0.132. The van der Waals surface area contributed by atoms with Crippen molar-refractivity contribution in [2.24, 2.45) is 5.10 Å². The van der Waals surface area contributed by atoms with Crippen LogP contribution in [0.3, 0.4) is 0 Å². The third-order valence-electron chi connectivity index (χ3n) is 5.98. The van der Waals surface area contributed by atoms with Gasteiger partial charge in [0.15, 0.2) is 23.0 Å². The Morgan fingerprint density at radius 2 is 1.42 bits per heavy atom. The largest absolute Gasteiger partial charge is 0.493 e. The molecule has 0 spiro atoms. The van der Waals surface area contributed by atoms with E-state index in [-0.39, 0.29) is 44.7 Å². The lowest BCUT2D eigenvalue weighted by Crippen LogP contribution is -2.18. The lowest BCUT2D eigenvalue weighted by atomic mass is 10.1. The van der Waals surface area contributed by atoms with E-state index in [4.69, 9.17) is 42.1 Å². The third kappa shape index (κ3) is 8.59. The Morgan fingerprint density at radius 3 is 2.13 bits per heavy atom. The minimum Gasteiger partial charge on any atom is -0.493 e. The van der Waals surface area contributed by atoms with E-state index in [0.29, 0.717) is 16.3 Å². The van der Waals surface area contributed by atoms with Crippen molar-refractivity contribution in [3.8, 4) is 23.0 Å². The van der Waals surface area contributed by atoms with E-state index in [1.54, 1.807) is 30.3 Å². The summed E-state index contributed by atoms with van der Waals surface area (Å²) in [5, 5.41) is 7.22. The SMILES string of the molecule is COc1cc(C(=O)Nc2cccc(C(=O)NN=Cc3ccc(OC(=O)c4ccc(Cl)cc4Cl)c(OC)c3)c2)ccc1OC(C)=O. The van der Waals surface area contributed by atoms with Crippen molar-refractivity contribution in [3.63, 3.8) is 0 Å². The van der Waals surface area contributed by atoms with Gasteiger partial charge in [-0.25, -0.2) is 10.2 Å². The fourth-order valence-electron chi connectivity index (χ4n) is 3.88. The number of carbonyl (C=O) groups is 4. The molecular formula is C32H25Cl2N3O8. The van der Waals surface area contributed by atoms with Crippen molar-refractivity contribution in [3.05, 3.63) is 111 Å². The summed E-state index contributed by atoms with van der Waals surface area (Å²) in [6.07, 6.45) is 1.38. The molecule has 0 atom stereocenters. The molecule has 0 fully saturated rings. The van der Waals surface area contributed by atoms with Crippen LogP contribution in [-0.4, -0.2) is 44.2 Å². The van der Waals surface area contributed by atoms with Gasteiger partial charge in [-0.3, -0.25) is 14.4 Å². The predicted octanol–water partition coefficient (Wildman–Crippen LogP) is 6.17. The Kier molecular flexibility index (Phi) is 10.7. The van der Waals surface area contributed by atoms with Gasteiger partial charge in [0.05, 0.1) is 31.0 Å². The zero-order valence-electron chi connectivity index (χ0n) is 24.1. The minimum atomic E-state index is -0.695. The van der Waals surface area contributed by atoms with Crippen molar-refractivity contribution in [2.45, 2.75) is 6.92 Å². The van der Waals surface area contributed by atoms with Crippen LogP contribution in [0.2, 0.25) is 10.0 Å². The van der Waals surface area contributed by atoms with E-state index in [9.17, 15) is 19.2 Å². The van der Waals surface area contributed by atoms with Crippen molar-refractivity contribution in [1.29, 1.82) is 0 Å². The molecule has 4 aromatic carbocycles. The van der Waals surface area contributed by atoms with Crippen LogP contribution in [0.25, 0.3) is 0 Å². The third-order valence-corrected chi connectivity index (χ3v) is 6.53. The average Bonchev–Trinajstić information content (AvgIpc) is 3.01. The van der Waals surface area contributed by atoms with Gasteiger partial charge in [-0.2, -0.15) is 5.10 Å². The molecule has 4 aromatic rings. The number of hydrogen-bond acceptors (Lipinski definition) is 9. The fourth-order valence-corrected chi connectivity index (χ4v) is 4.36. The highest BCUT2D eigenvalue weighted by Gasteiger charge is 2.17. The molecule has 2 amide bonds. The van der Waals surface area contributed by atoms with Gasteiger partial charge >= 0.3 is 11.9 Å². The molecule has 0 bridgehead atoms. The maximum Gasteiger partial charge on any atom is 0.345 e. The summed E-state index contributed by atoms with van der Waals surface area (Å²) >= 11 is 12.0. The molecule has 2 N–H and O–H groups in total. The molecule has 0 unspecified atom stereocenters. The molecule has 0 aliphatic heterocycles.